The van der Waals surface area contributed by atoms with Crippen LogP contribution in [-0.2, 0) is 5.75 Å². The van der Waals surface area contributed by atoms with Crippen molar-refractivity contribution in [2.45, 2.75) is 10.8 Å². The fourth-order valence-corrected chi connectivity index (χ4v) is 4.88. The van der Waals surface area contributed by atoms with Crippen LogP contribution < -0.4 is 5.73 Å². The predicted octanol–water partition coefficient (Wildman–Crippen LogP) is 5.33. The van der Waals surface area contributed by atoms with Crippen LogP contribution in [0.1, 0.15) is 16.8 Å². The minimum Gasteiger partial charge on any atom is -0.508 e. The quantitative estimate of drug-likeness (QED) is 0.387. The largest absolute Gasteiger partial charge is 0.508 e. The normalized spacial score (nSPS) is 10.5. The number of pyridine rings is 1. The van der Waals surface area contributed by atoms with E-state index in [0.29, 0.717) is 21.9 Å². The highest BCUT2D eigenvalue weighted by atomic mass is 32.2. The fraction of sp³-hybridized carbons (Fsp3) is 0.0435. The maximum atomic E-state index is 13.2. The van der Waals surface area contributed by atoms with Gasteiger partial charge in [0.05, 0.1) is 11.3 Å². The molecule has 0 saturated heterocycles. The molecule has 4 aromatic rings. The number of anilines is 1. The molecule has 0 aliphatic heterocycles. The Labute approximate surface area is 191 Å². The molecule has 4 rings (SSSR count). The molecule has 0 spiro atoms. The molecule has 32 heavy (non-hydrogen) atoms. The molecule has 9 heteroatoms. The number of thiazole rings is 1. The molecule has 0 amide bonds. The number of aromatic hydroxyl groups is 1. The summed E-state index contributed by atoms with van der Waals surface area (Å²) in [6.45, 7) is 0. The predicted molar refractivity (Wildman–Crippen MR) is 122 cm³/mol. The molecule has 6 nitrogen and oxygen atoms in total. The second-order valence-corrected chi connectivity index (χ2v) is 8.46. The Bertz CT molecular complexity index is 1370. The van der Waals surface area contributed by atoms with Gasteiger partial charge in [-0.25, -0.2) is 14.4 Å². The monoisotopic (exact) mass is 459 g/mol. The van der Waals surface area contributed by atoms with Crippen LogP contribution in [0, 0.1) is 28.5 Å². The Morgan fingerprint density at radius 1 is 0.969 bits per heavy atom. The number of nitrogens with zero attached hydrogens (tertiary/aromatic N) is 4. The van der Waals surface area contributed by atoms with Crippen LogP contribution in [0.4, 0.5) is 10.2 Å². The zero-order valence-electron chi connectivity index (χ0n) is 16.4. The van der Waals surface area contributed by atoms with Crippen LogP contribution in [0.25, 0.3) is 21.7 Å². The lowest BCUT2D eigenvalue weighted by molar-refractivity contribution is 0.475. The maximum Gasteiger partial charge on any atom is 0.143 e. The highest BCUT2D eigenvalue weighted by Crippen LogP contribution is 2.37. The zero-order chi connectivity index (χ0) is 22.7. The molecule has 2 aromatic carbocycles. The number of thioether (sulfide) groups is 1. The summed E-state index contributed by atoms with van der Waals surface area (Å²) >= 11 is 2.73. The minimum atomic E-state index is -0.306. The van der Waals surface area contributed by atoms with E-state index in [1.54, 1.807) is 24.3 Å². The van der Waals surface area contributed by atoms with Gasteiger partial charge in [-0.2, -0.15) is 10.5 Å². The van der Waals surface area contributed by atoms with E-state index in [-0.39, 0.29) is 28.5 Å². The second kappa shape index (κ2) is 9.06. The van der Waals surface area contributed by atoms with Crippen molar-refractivity contribution in [1.82, 2.24) is 9.97 Å². The first kappa shape index (κ1) is 21.3. The standard InChI is InChI=1S/C23H14FN5OS2/c24-15-5-1-14(2-6-15)22-28-16(11-31-22)12-32-23-19(10-26)20(18(9-25)21(27)29-23)13-3-7-17(30)8-4-13/h1-8,11,30H,12H2,(H2,27,29). The van der Waals surface area contributed by atoms with Crippen molar-refractivity contribution in [3.05, 3.63) is 76.5 Å². The van der Waals surface area contributed by atoms with Crippen molar-refractivity contribution >= 4 is 28.9 Å². The molecule has 0 bridgehead atoms. The van der Waals surface area contributed by atoms with Gasteiger partial charge in [0.25, 0.3) is 0 Å². The van der Waals surface area contributed by atoms with Gasteiger partial charge in [0.15, 0.2) is 0 Å². The SMILES string of the molecule is N#Cc1c(N)nc(SCc2csc(-c3ccc(F)cc3)n2)c(C#N)c1-c1ccc(O)cc1. The number of rotatable bonds is 5. The minimum absolute atomic E-state index is 0.0300. The van der Waals surface area contributed by atoms with E-state index in [4.69, 9.17) is 5.73 Å². The second-order valence-electron chi connectivity index (χ2n) is 6.64. The van der Waals surface area contributed by atoms with Gasteiger partial charge in [-0.3, -0.25) is 0 Å². The summed E-state index contributed by atoms with van der Waals surface area (Å²) in [6.07, 6.45) is 0. The number of phenols is 1. The van der Waals surface area contributed by atoms with Gasteiger partial charge >= 0.3 is 0 Å². The van der Waals surface area contributed by atoms with E-state index >= 15 is 0 Å². The Hall–Kier alpha value is -3.92. The summed E-state index contributed by atoms with van der Waals surface area (Å²) in [5.74, 6) is 0.226. The van der Waals surface area contributed by atoms with E-state index in [1.165, 1.54) is 47.4 Å². The van der Waals surface area contributed by atoms with Crippen molar-refractivity contribution in [1.29, 1.82) is 10.5 Å². The van der Waals surface area contributed by atoms with Crippen molar-refractivity contribution in [3.63, 3.8) is 0 Å². The number of hydrogen-bond acceptors (Lipinski definition) is 8. The van der Waals surface area contributed by atoms with Crippen LogP contribution in [0.15, 0.2) is 58.9 Å². The molecule has 0 fully saturated rings. The Morgan fingerprint density at radius 2 is 1.62 bits per heavy atom. The Balaban J connectivity index is 1.66. The van der Waals surface area contributed by atoms with Crippen molar-refractivity contribution in [2.24, 2.45) is 0 Å². The van der Waals surface area contributed by atoms with Gasteiger partial charge in [0.1, 0.15) is 45.1 Å². The molecule has 0 aliphatic carbocycles. The molecular formula is C23H14FN5OS2. The number of benzene rings is 2. The van der Waals surface area contributed by atoms with E-state index in [1.807, 2.05) is 11.4 Å². The Kier molecular flexibility index (Phi) is 6.04. The summed E-state index contributed by atoms with van der Waals surface area (Å²) in [5.41, 5.74) is 8.95. The van der Waals surface area contributed by atoms with Gasteiger partial charge in [-0.1, -0.05) is 23.9 Å². The third-order valence-corrected chi connectivity index (χ3v) is 6.52. The van der Waals surface area contributed by atoms with Crippen LogP contribution in [0.5, 0.6) is 5.75 Å². The lowest BCUT2D eigenvalue weighted by Gasteiger charge is -2.12. The van der Waals surface area contributed by atoms with Gasteiger partial charge in [0.2, 0.25) is 0 Å². The van der Waals surface area contributed by atoms with E-state index in [9.17, 15) is 20.0 Å². The molecule has 0 aliphatic rings. The van der Waals surface area contributed by atoms with Crippen molar-refractivity contribution < 1.29 is 9.50 Å². The summed E-state index contributed by atoms with van der Waals surface area (Å²) in [5, 5.41) is 32.1. The van der Waals surface area contributed by atoms with Gasteiger partial charge in [-0.05, 0) is 42.0 Å². The third-order valence-electron chi connectivity index (χ3n) is 4.57. The molecule has 2 aromatic heterocycles. The molecule has 3 N–H and O–H groups in total. The first-order chi connectivity index (χ1) is 15.5. The summed E-state index contributed by atoms with van der Waals surface area (Å²) in [6, 6.07) is 16.5. The molecular weight excluding hydrogens is 445 g/mol. The lowest BCUT2D eigenvalue weighted by atomic mass is 9.97. The van der Waals surface area contributed by atoms with Crippen molar-refractivity contribution in [2.75, 3.05) is 5.73 Å². The van der Waals surface area contributed by atoms with E-state index < -0.39 is 0 Å². The fourth-order valence-electron chi connectivity index (χ4n) is 3.06. The molecule has 0 radical (unpaired) electrons. The number of nitrogens with two attached hydrogens (primary N) is 1. The summed E-state index contributed by atoms with van der Waals surface area (Å²) in [4.78, 5) is 8.87. The van der Waals surface area contributed by atoms with Crippen LogP contribution in [0.3, 0.4) is 0 Å². The van der Waals surface area contributed by atoms with E-state index in [2.05, 4.69) is 16.0 Å². The number of hydrogen-bond donors (Lipinski definition) is 2. The number of aromatic nitrogens is 2. The summed E-state index contributed by atoms with van der Waals surface area (Å²) in [7, 11) is 0. The number of halogens is 1. The van der Waals surface area contributed by atoms with Gasteiger partial charge in [0, 0.05) is 22.3 Å². The topological polar surface area (TPSA) is 120 Å². The first-order valence-electron chi connectivity index (χ1n) is 9.26. The van der Waals surface area contributed by atoms with Crippen LogP contribution >= 0.6 is 23.1 Å². The van der Waals surface area contributed by atoms with Crippen LogP contribution in [0.2, 0.25) is 0 Å². The van der Waals surface area contributed by atoms with Gasteiger partial charge in [-0.15, -0.1) is 11.3 Å². The third kappa shape index (κ3) is 4.26. The van der Waals surface area contributed by atoms with Gasteiger partial charge < -0.3 is 10.8 Å². The molecule has 2 heterocycles. The maximum absolute atomic E-state index is 13.2. The number of phenolic OH excluding ortho intramolecular Hbond substituents is 1. The molecule has 0 atom stereocenters. The zero-order valence-corrected chi connectivity index (χ0v) is 18.0. The number of nitrogen functional groups attached to an aromatic ring is 1. The van der Waals surface area contributed by atoms with Crippen molar-refractivity contribution in [3.8, 4) is 39.6 Å². The highest BCUT2D eigenvalue weighted by molar-refractivity contribution is 7.98. The molecule has 0 unspecified atom stereocenters. The first-order valence-corrected chi connectivity index (χ1v) is 11.1. The highest BCUT2D eigenvalue weighted by Gasteiger charge is 2.21. The lowest BCUT2D eigenvalue weighted by Crippen LogP contribution is -2.03. The molecule has 156 valence electrons. The molecule has 0 saturated carbocycles. The Morgan fingerprint density at radius 3 is 2.28 bits per heavy atom. The van der Waals surface area contributed by atoms with Crippen LogP contribution in [-0.4, -0.2) is 15.1 Å². The van der Waals surface area contributed by atoms with E-state index in [0.717, 1.165) is 16.3 Å². The average molecular weight is 460 g/mol. The average Bonchev–Trinajstić information content (AvgIpc) is 3.27. The summed E-state index contributed by atoms with van der Waals surface area (Å²) < 4.78 is 13.2. The number of nitriles is 2. The smallest absolute Gasteiger partial charge is 0.143 e.